The van der Waals surface area contributed by atoms with Crippen LogP contribution in [0, 0.1) is 5.92 Å². The Morgan fingerprint density at radius 2 is 1.64 bits per heavy atom. The van der Waals surface area contributed by atoms with E-state index in [0.29, 0.717) is 58.2 Å². The molecule has 3 aromatic carbocycles. The number of amides is 2. The number of benzene rings is 3. The van der Waals surface area contributed by atoms with Gasteiger partial charge in [0.05, 0.1) is 22.7 Å². The summed E-state index contributed by atoms with van der Waals surface area (Å²) in [5.41, 5.74) is 4.16. The summed E-state index contributed by atoms with van der Waals surface area (Å²) in [7, 11) is 0. The molecule has 3 aromatic rings. The lowest BCUT2D eigenvalue weighted by molar-refractivity contribution is -0.128. The van der Waals surface area contributed by atoms with Crippen LogP contribution in [0.25, 0.3) is 5.57 Å². The topological polar surface area (TPSA) is 100 Å². The molecule has 1 heterocycles. The van der Waals surface area contributed by atoms with Crippen LogP contribution in [0.1, 0.15) is 48.8 Å². The van der Waals surface area contributed by atoms with Crippen LogP contribution >= 0.6 is 34.8 Å². The average Bonchev–Trinajstić information content (AvgIpc) is 4.01. The van der Waals surface area contributed by atoms with Crippen molar-refractivity contribution in [3.05, 3.63) is 98.0 Å². The van der Waals surface area contributed by atoms with Gasteiger partial charge in [0.2, 0.25) is 5.91 Å². The lowest BCUT2D eigenvalue weighted by atomic mass is 9.88. The van der Waals surface area contributed by atoms with E-state index in [1.807, 2.05) is 47.4 Å². The van der Waals surface area contributed by atoms with Crippen LogP contribution in [0.4, 0.5) is 0 Å². The van der Waals surface area contributed by atoms with Crippen LogP contribution in [0.15, 0.2) is 66.2 Å². The highest BCUT2D eigenvalue weighted by Gasteiger charge is 2.38. The van der Waals surface area contributed by atoms with Crippen molar-refractivity contribution in [1.29, 1.82) is 0 Å². The molecular formula is C36H38Cl3N3O5. The van der Waals surface area contributed by atoms with Gasteiger partial charge in [-0.1, -0.05) is 65.1 Å². The summed E-state index contributed by atoms with van der Waals surface area (Å²) in [5, 5.41) is 18.1. The normalized spacial score (nSPS) is 17.7. The minimum Gasteiger partial charge on any atom is -0.490 e. The molecule has 1 atom stereocenters. The molecule has 2 fully saturated rings. The average molecular weight is 699 g/mol. The largest absolute Gasteiger partial charge is 0.490 e. The van der Waals surface area contributed by atoms with E-state index in [9.17, 15) is 14.7 Å². The van der Waals surface area contributed by atoms with Gasteiger partial charge in [0.15, 0.2) is 5.75 Å². The first-order valence-corrected chi connectivity index (χ1v) is 17.2. The molecule has 0 bridgehead atoms. The molecule has 47 heavy (non-hydrogen) atoms. The molecule has 0 saturated heterocycles. The number of nitrogens with one attached hydrogen (secondary N) is 2. The number of nitrogens with zero attached hydrogens (tertiary/aromatic N) is 1. The summed E-state index contributed by atoms with van der Waals surface area (Å²) in [6.45, 7) is 1.76. The Labute approximate surface area is 290 Å². The number of rotatable bonds is 14. The molecule has 6 rings (SSSR count). The number of hydrogen-bond donors (Lipinski definition) is 3. The molecule has 8 nitrogen and oxygen atoms in total. The third-order valence-corrected chi connectivity index (χ3v) is 9.65. The molecule has 11 heteroatoms. The molecule has 0 radical (unpaired) electrons. The van der Waals surface area contributed by atoms with E-state index < -0.39 is 6.04 Å². The molecule has 1 aliphatic heterocycles. The Bertz CT molecular complexity index is 1620. The van der Waals surface area contributed by atoms with E-state index in [1.165, 1.54) is 0 Å². The van der Waals surface area contributed by atoms with E-state index in [2.05, 4.69) is 10.6 Å². The fourth-order valence-electron chi connectivity index (χ4n) is 5.86. The van der Waals surface area contributed by atoms with Crippen molar-refractivity contribution in [3.63, 3.8) is 0 Å². The standard InChI is InChI=1S/C36H38Cl3N3O5/c37-29-13-4-22(19-41-35(44)24-5-6-24)18-25(29)20-42(26-9-10-26)36(45)33-28(14-15-40-32(33)21-43)23-7-11-27(12-8-23)46-16-17-47-34-30(38)2-1-3-31(34)39/h1-4,7-8,11-13,18,24,26,32,40,43H,5-6,9-10,14-17,19-21H2,(H,41,44)/t32-/m1/s1. The highest BCUT2D eigenvalue weighted by molar-refractivity contribution is 6.37. The number of para-hydroxylation sites is 1. The van der Waals surface area contributed by atoms with Crippen LogP contribution in [-0.2, 0) is 22.7 Å². The Balaban J connectivity index is 1.16. The van der Waals surface area contributed by atoms with Crippen molar-refractivity contribution in [2.45, 2.75) is 57.3 Å². The molecular weight excluding hydrogens is 661 g/mol. The van der Waals surface area contributed by atoms with Crippen molar-refractivity contribution in [1.82, 2.24) is 15.5 Å². The van der Waals surface area contributed by atoms with E-state index in [-0.39, 0.29) is 43.6 Å². The second-order valence-corrected chi connectivity index (χ2v) is 13.4. The van der Waals surface area contributed by atoms with Crippen LogP contribution < -0.4 is 20.1 Å². The second-order valence-electron chi connectivity index (χ2n) is 12.2. The predicted molar refractivity (Wildman–Crippen MR) is 184 cm³/mol. The maximum absolute atomic E-state index is 14.4. The van der Waals surface area contributed by atoms with Crippen LogP contribution in [0.2, 0.25) is 15.1 Å². The zero-order chi connectivity index (χ0) is 32.9. The molecule has 248 valence electrons. The Morgan fingerprint density at radius 3 is 2.32 bits per heavy atom. The number of carbonyl (C=O) groups is 2. The zero-order valence-electron chi connectivity index (χ0n) is 25.9. The smallest absolute Gasteiger partial charge is 0.252 e. The molecule has 2 aliphatic carbocycles. The maximum atomic E-state index is 14.4. The van der Waals surface area contributed by atoms with Gasteiger partial charge in [-0.3, -0.25) is 9.59 Å². The number of halogens is 3. The number of carbonyl (C=O) groups excluding carboxylic acids is 2. The molecule has 2 amide bonds. The first kappa shape index (κ1) is 33.6. The molecule has 2 saturated carbocycles. The van der Waals surface area contributed by atoms with E-state index >= 15 is 0 Å². The molecule has 0 aromatic heterocycles. The molecule has 0 unspecified atom stereocenters. The number of aliphatic hydroxyl groups excluding tert-OH is 1. The quantitative estimate of drug-likeness (QED) is 0.168. The lowest BCUT2D eigenvalue weighted by Crippen LogP contribution is -2.46. The SMILES string of the molecule is O=C(NCc1ccc(Cl)c(CN(C(=O)C2=C(c3ccc(OCCOc4c(Cl)cccc4Cl)cc3)CCN[C@@H]2CO)C2CC2)c1)C1CC1. The highest BCUT2D eigenvalue weighted by atomic mass is 35.5. The third kappa shape index (κ3) is 8.42. The monoisotopic (exact) mass is 697 g/mol. The maximum Gasteiger partial charge on any atom is 0.252 e. The molecule has 0 spiro atoms. The van der Waals surface area contributed by atoms with Crippen LogP contribution in [0.5, 0.6) is 11.5 Å². The number of aliphatic hydroxyl groups is 1. The van der Waals surface area contributed by atoms with Gasteiger partial charge in [-0.15, -0.1) is 0 Å². The van der Waals surface area contributed by atoms with Gasteiger partial charge in [0, 0.05) is 35.6 Å². The Hall–Kier alpha value is -3.27. The first-order chi connectivity index (χ1) is 22.8. The number of ether oxygens (including phenoxy) is 2. The van der Waals surface area contributed by atoms with E-state index in [0.717, 1.165) is 47.9 Å². The Morgan fingerprint density at radius 1 is 0.915 bits per heavy atom. The van der Waals surface area contributed by atoms with Gasteiger partial charge in [0.25, 0.3) is 5.91 Å². The molecule has 3 N–H and O–H groups in total. The minimum absolute atomic E-state index is 0.0861. The van der Waals surface area contributed by atoms with Crippen LogP contribution in [0.3, 0.4) is 0 Å². The van der Waals surface area contributed by atoms with E-state index in [1.54, 1.807) is 18.2 Å². The van der Waals surface area contributed by atoms with Gasteiger partial charge in [-0.25, -0.2) is 0 Å². The van der Waals surface area contributed by atoms with Crippen molar-refractivity contribution in [3.8, 4) is 11.5 Å². The fraction of sp³-hybridized carbons (Fsp3) is 0.389. The lowest BCUT2D eigenvalue weighted by Gasteiger charge is -2.33. The summed E-state index contributed by atoms with van der Waals surface area (Å²) in [5.74, 6) is 1.21. The summed E-state index contributed by atoms with van der Waals surface area (Å²) in [6, 6.07) is 18.1. The number of hydrogen-bond acceptors (Lipinski definition) is 6. The zero-order valence-corrected chi connectivity index (χ0v) is 28.2. The molecule has 3 aliphatic rings. The van der Waals surface area contributed by atoms with Crippen molar-refractivity contribution >= 4 is 52.2 Å². The van der Waals surface area contributed by atoms with Gasteiger partial charge in [0.1, 0.15) is 19.0 Å². The summed E-state index contributed by atoms with van der Waals surface area (Å²) in [6.07, 6.45) is 4.37. The van der Waals surface area contributed by atoms with Gasteiger partial charge < -0.3 is 30.1 Å². The van der Waals surface area contributed by atoms with Gasteiger partial charge >= 0.3 is 0 Å². The van der Waals surface area contributed by atoms with E-state index in [4.69, 9.17) is 44.3 Å². The highest BCUT2D eigenvalue weighted by Crippen LogP contribution is 2.36. The van der Waals surface area contributed by atoms with Crippen LogP contribution in [-0.4, -0.2) is 60.3 Å². The second kappa shape index (κ2) is 15.3. The predicted octanol–water partition coefficient (Wildman–Crippen LogP) is 6.43. The minimum atomic E-state index is -0.489. The van der Waals surface area contributed by atoms with Crippen molar-refractivity contribution in [2.24, 2.45) is 5.92 Å². The van der Waals surface area contributed by atoms with Gasteiger partial charge in [-0.2, -0.15) is 0 Å². The van der Waals surface area contributed by atoms with Crippen molar-refractivity contribution in [2.75, 3.05) is 26.4 Å². The summed E-state index contributed by atoms with van der Waals surface area (Å²) < 4.78 is 11.6. The Kier molecular flexibility index (Phi) is 10.9. The summed E-state index contributed by atoms with van der Waals surface area (Å²) in [4.78, 5) is 28.5. The first-order valence-electron chi connectivity index (χ1n) is 16.1. The van der Waals surface area contributed by atoms with Gasteiger partial charge in [-0.05, 0) is 91.2 Å². The fourth-order valence-corrected chi connectivity index (χ4v) is 6.54. The third-order valence-electron chi connectivity index (χ3n) is 8.69. The summed E-state index contributed by atoms with van der Waals surface area (Å²) >= 11 is 19.0. The van der Waals surface area contributed by atoms with Crippen molar-refractivity contribution < 1.29 is 24.2 Å².